The molecule has 1 aliphatic carbocycles. The zero-order chi connectivity index (χ0) is 18.8. The number of piperidine rings is 1. The molecule has 1 aliphatic heterocycles. The molecule has 4 rings (SSSR count). The molecule has 1 saturated carbocycles. The lowest BCUT2D eigenvalue weighted by Gasteiger charge is -2.34. The van der Waals surface area contributed by atoms with Gasteiger partial charge in [-0.1, -0.05) is 11.6 Å². The molecule has 1 amide bonds. The molecule has 0 bridgehead atoms. The lowest BCUT2D eigenvalue weighted by atomic mass is 9.92. The summed E-state index contributed by atoms with van der Waals surface area (Å²) in [4.78, 5) is 19.4. The van der Waals surface area contributed by atoms with Gasteiger partial charge in [0, 0.05) is 24.6 Å². The van der Waals surface area contributed by atoms with Crippen LogP contribution in [0.3, 0.4) is 0 Å². The molecule has 0 radical (unpaired) electrons. The van der Waals surface area contributed by atoms with E-state index in [2.05, 4.69) is 10.1 Å². The van der Waals surface area contributed by atoms with E-state index >= 15 is 0 Å². The highest BCUT2D eigenvalue weighted by Crippen LogP contribution is 2.35. The van der Waals surface area contributed by atoms with Gasteiger partial charge >= 0.3 is 0 Å². The highest BCUT2D eigenvalue weighted by Gasteiger charge is 2.37. The minimum Gasteiger partial charge on any atom is -0.342 e. The first-order valence-electron chi connectivity index (χ1n) is 9.74. The summed E-state index contributed by atoms with van der Waals surface area (Å²) in [6.07, 6.45) is 4.91. The van der Waals surface area contributed by atoms with Crippen LogP contribution < -0.4 is 5.73 Å². The molecule has 6 nitrogen and oxygen atoms in total. The summed E-state index contributed by atoms with van der Waals surface area (Å²) < 4.78 is 18.6. The van der Waals surface area contributed by atoms with Crippen LogP contribution in [0.25, 0.3) is 11.4 Å². The molecule has 144 valence electrons. The largest absolute Gasteiger partial charge is 0.342 e. The standard InChI is InChI=1S/C20H25FN4O2/c21-16-8-6-13(7-9-16)18-23-19(27-24-18)15-4-2-10-25(12-15)20(26)17-5-1-3-14(17)11-22/h6-9,14-15,17H,1-5,10-12,22H2/t14-,15?,17-/m1/s1. The van der Waals surface area contributed by atoms with Gasteiger partial charge in [0.05, 0.1) is 5.92 Å². The lowest BCUT2D eigenvalue weighted by Crippen LogP contribution is -2.44. The van der Waals surface area contributed by atoms with Crippen molar-refractivity contribution >= 4 is 5.91 Å². The van der Waals surface area contributed by atoms with Crippen molar-refractivity contribution in [2.24, 2.45) is 17.6 Å². The molecule has 2 aromatic rings. The summed E-state index contributed by atoms with van der Waals surface area (Å²) in [5.74, 6) is 1.35. The summed E-state index contributed by atoms with van der Waals surface area (Å²) in [5.41, 5.74) is 6.56. The van der Waals surface area contributed by atoms with Crippen LogP contribution in [0.2, 0.25) is 0 Å². The molecule has 27 heavy (non-hydrogen) atoms. The van der Waals surface area contributed by atoms with Crippen molar-refractivity contribution in [1.29, 1.82) is 0 Å². The average Bonchev–Trinajstić information content (AvgIpc) is 3.37. The molecule has 1 saturated heterocycles. The molecule has 1 aromatic carbocycles. The van der Waals surface area contributed by atoms with Crippen LogP contribution in [0.5, 0.6) is 0 Å². The van der Waals surface area contributed by atoms with Crippen LogP contribution in [0.4, 0.5) is 4.39 Å². The summed E-state index contributed by atoms with van der Waals surface area (Å²) in [7, 11) is 0. The highest BCUT2D eigenvalue weighted by molar-refractivity contribution is 5.79. The van der Waals surface area contributed by atoms with Gasteiger partial charge in [0.1, 0.15) is 5.82 Å². The number of hydrogen-bond donors (Lipinski definition) is 1. The fourth-order valence-electron chi connectivity index (χ4n) is 4.37. The van der Waals surface area contributed by atoms with Gasteiger partial charge in [-0.05, 0) is 62.4 Å². The van der Waals surface area contributed by atoms with Gasteiger partial charge in [0.2, 0.25) is 17.6 Å². The number of carbonyl (C=O) groups is 1. The molecule has 1 aromatic heterocycles. The Morgan fingerprint density at radius 1 is 1.22 bits per heavy atom. The Labute approximate surface area is 157 Å². The van der Waals surface area contributed by atoms with Crippen LogP contribution in [-0.2, 0) is 4.79 Å². The van der Waals surface area contributed by atoms with Crippen molar-refractivity contribution in [3.8, 4) is 11.4 Å². The Morgan fingerprint density at radius 3 is 2.81 bits per heavy atom. The van der Waals surface area contributed by atoms with E-state index in [-0.39, 0.29) is 23.6 Å². The third kappa shape index (κ3) is 3.74. The molecule has 0 spiro atoms. The number of benzene rings is 1. The topological polar surface area (TPSA) is 85.3 Å². The lowest BCUT2D eigenvalue weighted by molar-refractivity contribution is -0.138. The molecule has 3 atom stereocenters. The Hall–Kier alpha value is -2.28. The number of carbonyl (C=O) groups excluding carboxylic acids is 1. The minimum absolute atomic E-state index is 0.0436. The third-order valence-electron chi connectivity index (χ3n) is 5.91. The summed E-state index contributed by atoms with van der Waals surface area (Å²) in [5, 5.41) is 4.04. The van der Waals surface area contributed by atoms with Gasteiger partial charge in [0.15, 0.2) is 0 Å². The zero-order valence-corrected chi connectivity index (χ0v) is 15.3. The number of nitrogens with zero attached hydrogens (tertiary/aromatic N) is 3. The van der Waals surface area contributed by atoms with Gasteiger partial charge in [-0.2, -0.15) is 4.98 Å². The van der Waals surface area contributed by atoms with Gasteiger partial charge in [-0.15, -0.1) is 0 Å². The van der Waals surface area contributed by atoms with Crippen LogP contribution in [0.15, 0.2) is 28.8 Å². The quantitative estimate of drug-likeness (QED) is 0.892. The normalized spacial score (nSPS) is 25.7. The van der Waals surface area contributed by atoms with Gasteiger partial charge < -0.3 is 15.2 Å². The number of nitrogens with two attached hydrogens (primary N) is 1. The van der Waals surface area contributed by atoms with E-state index in [0.29, 0.717) is 36.3 Å². The average molecular weight is 372 g/mol. The first-order chi connectivity index (χ1) is 13.2. The summed E-state index contributed by atoms with van der Waals surface area (Å²) in [6, 6.07) is 6.02. The minimum atomic E-state index is -0.299. The monoisotopic (exact) mass is 372 g/mol. The molecular formula is C20H25FN4O2. The first kappa shape index (κ1) is 18.1. The number of hydrogen-bond acceptors (Lipinski definition) is 5. The Balaban J connectivity index is 1.45. The van der Waals surface area contributed by atoms with Crippen LogP contribution in [0.1, 0.15) is 43.9 Å². The number of rotatable bonds is 4. The maximum Gasteiger partial charge on any atom is 0.231 e. The second-order valence-electron chi connectivity index (χ2n) is 7.62. The van der Waals surface area contributed by atoms with Crippen molar-refractivity contribution < 1.29 is 13.7 Å². The summed E-state index contributed by atoms with van der Waals surface area (Å²) in [6.45, 7) is 1.97. The smallest absolute Gasteiger partial charge is 0.231 e. The van der Waals surface area contributed by atoms with Crippen molar-refractivity contribution in [3.63, 3.8) is 0 Å². The van der Waals surface area contributed by atoms with E-state index in [4.69, 9.17) is 10.3 Å². The molecule has 7 heteroatoms. The van der Waals surface area contributed by atoms with E-state index in [1.165, 1.54) is 12.1 Å². The Morgan fingerprint density at radius 2 is 2.04 bits per heavy atom. The Bertz CT molecular complexity index is 792. The van der Waals surface area contributed by atoms with Crippen molar-refractivity contribution in [2.45, 2.75) is 38.0 Å². The van der Waals surface area contributed by atoms with E-state index in [1.807, 2.05) is 4.90 Å². The first-order valence-corrected chi connectivity index (χ1v) is 9.74. The molecule has 1 unspecified atom stereocenters. The van der Waals surface area contributed by atoms with Crippen molar-refractivity contribution in [2.75, 3.05) is 19.6 Å². The molecular weight excluding hydrogens is 347 g/mol. The third-order valence-corrected chi connectivity index (χ3v) is 5.91. The molecule has 2 heterocycles. The van der Waals surface area contributed by atoms with Crippen molar-refractivity contribution in [3.05, 3.63) is 36.0 Å². The van der Waals surface area contributed by atoms with Crippen LogP contribution >= 0.6 is 0 Å². The molecule has 2 aliphatic rings. The Kier molecular flexibility index (Phi) is 5.20. The van der Waals surface area contributed by atoms with E-state index < -0.39 is 0 Å². The predicted molar refractivity (Wildman–Crippen MR) is 98.1 cm³/mol. The summed E-state index contributed by atoms with van der Waals surface area (Å²) >= 11 is 0. The predicted octanol–water partition coefficient (Wildman–Crippen LogP) is 2.96. The highest BCUT2D eigenvalue weighted by atomic mass is 19.1. The number of likely N-dealkylation sites (tertiary alicyclic amines) is 1. The maximum atomic E-state index is 13.1. The number of aromatic nitrogens is 2. The van der Waals surface area contributed by atoms with Gasteiger partial charge in [-0.25, -0.2) is 4.39 Å². The molecule has 2 N–H and O–H groups in total. The van der Waals surface area contributed by atoms with Gasteiger partial charge in [-0.3, -0.25) is 4.79 Å². The second kappa shape index (κ2) is 7.76. The number of halogens is 1. The van der Waals surface area contributed by atoms with Gasteiger partial charge in [0.25, 0.3) is 0 Å². The number of amides is 1. The maximum absolute atomic E-state index is 13.1. The second-order valence-corrected chi connectivity index (χ2v) is 7.62. The van der Waals surface area contributed by atoms with Crippen LogP contribution in [0, 0.1) is 17.7 Å². The SMILES string of the molecule is NC[C@H]1CCC[C@H]1C(=O)N1CCCC(c2nc(-c3ccc(F)cc3)no2)C1. The van der Waals surface area contributed by atoms with E-state index in [9.17, 15) is 9.18 Å². The van der Waals surface area contributed by atoms with Crippen molar-refractivity contribution in [1.82, 2.24) is 15.0 Å². The van der Waals surface area contributed by atoms with E-state index in [1.54, 1.807) is 12.1 Å². The fourth-order valence-corrected chi connectivity index (χ4v) is 4.37. The van der Waals surface area contributed by atoms with Crippen LogP contribution in [-0.4, -0.2) is 40.6 Å². The molecule has 2 fully saturated rings. The van der Waals surface area contributed by atoms with E-state index in [0.717, 1.165) is 38.6 Å². The fraction of sp³-hybridized carbons (Fsp3) is 0.550. The zero-order valence-electron chi connectivity index (χ0n) is 15.3.